The van der Waals surface area contributed by atoms with Crippen LogP contribution >= 0.6 is 0 Å². The molecule has 1 amide bonds. The Labute approximate surface area is 133 Å². The number of methoxy groups -OCH3 is 1. The second-order valence-electron chi connectivity index (χ2n) is 5.49. The van der Waals surface area contributed by atoms with E-state index in [4.69, 9.17) is 9.47 Å². The maximum absolute atomic E-state index is 13.3. The van der Waals surface area contributed by atoms with Gasteiger partial charge in [-0.05, 0) is 31.0 Å². The number of benzene rings is 1. The number of hydrogen-bond donors (Lipinski definition) is 2. The summed E-state index contributed by atoms with van der Waals surface area (Å²) in [5.41, 5.74) is 0.369. The van der Waals surface area contributed by atoms with Crippen molar-refractivity contribution in [2.24, 2.45) is 5.92 Å². The molecule has 1 fully saturated rings. The lowest BCUT2D eigenvalue weighted by Gasteiger charge is -2.28. The van der Waals surface area contributed by atoms with Crippen LogP contribution in [0.3, 0.4) is 0 Å². The summed E-state index contributed by atoms with van der Waals surface area (Å²) in [7, 11) is 1.42. The van der Waals surface area contributed by atoms with E-state index in [0.29, 0.717) is 30.9 Å². The summed E-state index contributed by atoms with van der Waals surface area (Å²) in [5.74, 6) is -1.95. The highest BCUT2D eigenvalue weighted by Gasteiger charge is 2.31. The summed E-state index contributed by atoms with van der Waals surface area (Å²) in [6.07, 6.45) is 1.29. The molecule has 0 bridgehead atoms. The van der Waals surface area contributed by atoms with Crippen LogP contribution in [0.15, 0.2) is 18.2 Å². The van der Waals surface area contributed by atoms with E-state index >= 15 is 0 Å². The number of nitrogens with one attached hydrogen (secondary N) is 1. The minimum absolute atomic E-state index is 0.154. The third kappa shape index (κ3) is 4.66. The Morgan fingerprint density at radius 2 is 2.30 bits per heavy atom. The summed E-state index contributed by atoms with van der Waals surface area (Å²) in [6.45, 7) is 0.914. The average Bonchev–Trinajstić information content (AvgIpc) is 2.53. The molecular formula is C16H20FNO5. The van der Waals surface area contributed by atoms with Crippen LogP contribution in [-0.2, 0) is 20.7 Å². The fourth-order valence-corrected chi connectivity index (χ4v) is 2.69. The lowest BCUT2D eigenvalue weighted by Crippen LogP contribution is -2.48. The maximum atomic E-state index is 13.3. The van der Waals surface area contributed by atoms with E-state index in [2.05, 4.69) is 5.32 Å². The fraction of sp³-hybridized carbons (Fsp3) is 0.500. The minimum atomic E-state index is -1.10. The zero-order valence-electron chi connectivity index (χ0n) is 12.9. The molecule has 126 valence electrons. The highest BCUT2D eigenvalue weighted by molar-refractivity contribution is 5.85. The third-order valence-electron chi connectivity index (χ3n) is 3.84. The molecule has 7 heteroatoms. The Morgan fingerprint density at radius 3 is 2.91 bits per heavy atom. The molecule has 23 heavy (non-hydrogen) atoms. The van der Waals surface area contributed by atoms with Gasteiger partial charge in [0.15, 0.2) is 0 Å². The highest BCUT2D eigenvalue weighted by atomic mass is 19.1. The third-order valence-corrected chi connectivity index (χ3v) is 3.84. The van der Waals surface area contributed by atoms with Crippen LogP contribution in [0.25, 0.3) is 0 Å². The molecule has 6 nitrogen and oxygen atoms in total. The van der Waals surface area contributed by atoms with Crippen molar-refractivity contribution in [3.05, 3.63) is 29.6 Å². The summed E-state index contributed by atoms with van der Waals surface area (Å²) >= 11 is 0. The molecule has 0 saturated carbocycles. The normalized spacial score (nSPS) is 19.0. The predicted molar refractivity (Wildman–Crippen MR) is 79.8 cm³/mol. The van der Waals surface area contributed by atoms with Crippen molar-refractivity contribution in [2.45, 2.75) is 25.3 Å². The number of carboxylic acids is 1. The molecular weight excluding hydrogens is 305 g/mol. The number of carboxylic acid groups (broad SMARTS) is 1. The van der Waals surface area contributed by atoms with Gasteiger partial charge < -0.3 is 19.9 Å². The van der Waals surface area contributed by atoms with Crippen LogP contribution in [0.5, 0.6) is 5.75 Å². The first-order valence-electron chi connectivity index (χ1n) is 7.43. The van der Waals surface area contributed by atoms with Gasteiger partial charge in [-0.3, -0.25) is 4.79 Å². The van der Waals surface area contributed by atoms with Crippen molar-refractivity contribution in [1.82, 2.24) is 5.32 Å². The van der Waals surface area contributed by atoms with E-state index in [1.165, 1.54) is 25.3 Å². The number of carbonyl (C=O) groups excluding carboxylic acids is 1. The molecule has 1 aromatic carbocycles. The second kappa shape index (κ2) is 7.92. The van der Waals surface area contributed by atoms with Gasteiger partial charge in [-0.2, -0.15) is 0 Å². The van der Waals surface area contributed by atoms with Crippen LogP contribution in [-0.4, -0.2) is 43.3 Å². The Morgan fingerprint density at radius 1 is 1.52 bits per heavy atom. The molecule has 0 aliphatic carbocycles. The molecule has 1 saturated heterocycles. The molecule has 2 atom stereocenters. The molecule has 0 aromatic heterocycles. The van der Waals surface area contributed by atoms with Crippen LogP contribution in [0.1, 0.15) is 18.4 Å². The zero-order valence-corrected chi connectivity index (χ0v) is 12.9. The molecule has 0 radical (unpaired) electrons. The number of aliphatic carboxylic acids is 1. The van der Waals surface area contributed by atoms with Gasteiger partial charge in [0.05, 0.1) is 20.1 Å². The Hall–Kier alpha value is -2.15. The van der Waals surface area contributed by atoms with Gasteiger partial charge in [0, 0.05) is 18.1 Å². The smallest absolute Gasteiger partial charge is 0.326 e. The van der Waals surface area contributed by atoms with Crippen molar-refractivity contribution < 1.29 is 28.6 Å². The number of rotatable bonds is 6. The quantitative estimate of drug-likeness (QED) is 0.825. The SMILES string of the molecule is COc1ccc(F)cc1CC(=O)NC(C(=O)O)C1CCCOC1. The molecule has 1 heterocycles. The van der Waals surface area contributed by atoms with Crippen molar-refractivity contribution in [1.29, 1.82) is 0 Å². The summed E-state index contributed by atoms with van der Waals surface area (Å²) < 4.78 is 23.7. The van der Waals surface area contributed by atoms with Gasteiger partial charge in [0.25, 0.3) is 0 Å². The number of hydrogen-bond acceptors (Lipinski definition) is 4. The van der Waals surface area contributed by atoms with Crippen molar-refractivity contribution in [2.75, 3.05) is 20.3 Å². The fourth-order valence-electron chi connectivity index (χ4n) is 2.69. The lowest BCUT2D eigenvalue weighted by molar-refractivity contribution is -0.145. The van der Waals surface area contributed by atoms with Crippen molar-refractivity contribution in [3.63, 3.8) is 0 Å². The average molecular weight is 325 g/mol. The zero-order chi connectivity index (χ0) is 16.8. The number of ether oxygens (including phenoxy) is 2. The van der Waals surface area contributed by atoms with E-state index in [-0.39, 0.29) is 12.3 Å². The summed E-state index contributed by atoms with van der Waals surface area (Å²) in [5, 5.41) is 11.8. The summed E-state index contributed by atoms with van der Waals surface area (Å²) in [4.78, 5) is 23.6. The van der Waals surface area contributed by atoms with Crippen LogP contribution in [0, 0.1) is 11.7 Å². The van der Waals surface area contributed by atoms with E-state index in [0.717, 1.165) is 6.42 Å². The first kappa shape index (κ1) is 17.2. The van der Waals surface area contributed by atoms with Gasteiger partial charge >= 0.3 is 5.97 Å². The standard InChI is InChI=1S/C16H20FNO5/c1-22-13-5-4-12(17)7-11(13)8-14(19)18-15(16(20)21)10-3-2-6-23-9-10/h4-5,7,10,15H,2-3,6,8-9H2,1H3,(H,18,19)(H,20,21). The molecule has 2 unspecified atom stereocenters. The molecule has 0 spiro atoms. The largest absolute Gasteiger partial charge is 0.496 e. The topological polar surface area (TPSA) is 84.9 Å². The van der Waals surface area contributed by atoms with Crippen LogP contribution in [0.4, 0.5) is 4.39 Å². The molecule has 1 aliphatic heterocycles. The van der Waals surface area contributed by atoms with Crippen LogP contribution < -0.4 is 10.1 Å². The Bertz CT molecular complexity index is 572. The lowest BCUT2D eigenvalue weighted by atomic mass is 9.93. The van der Waals surface area contributed by atoms with Crippen molar-refractivity contribution in [3.8, 4) is 5.75 Å². The minimum Gasteiger partial charge on any atom is -0.496 e. The highest BCUT2D eigenvalue weighted by Crippen LogP contribution is 2.21. The summed E-state index contributed by atoms with van der Waals surface area (Å²) in [6, 6.07) is 2.86. The predicted octanol–water partition coefficient (Wildman–Crippen LogP) is 1.37. The maximum Gasteiger partial charge on any atom is 0.326 e. The monoisotopic (exact) mass is 325 g/mol. The van der Waals surface area contributed by atoms with E-state index < -0.39 is 23.7 Å². The first-order valence-corrected chi connectivity index (χ1v) is 7.43. The van der Waals surface area contributed by atoms with Gasteiger partial charge in [-0.15, -0.1) is 0 Å². The number of carbonyl (C=O) groups is 2. The number of halogens is 1. The van der Waals surface area contributed by atoms with Gasteiger partial charge in [0.1, 0.15) is 17.6 Å². The second-order valence-corrected chi connectivity index (χ2v) is 5.49. The van der Waals surface area contributed by atoms with E-state index in [1.807, 2.05) is 0 Å². The molecule has 2 rings (SSSR count). The molecule has 2 N–H and O–H groups in total. The Balaban J connectivity index is 2.04. The molecule has 1 aliphatic rings. The van der Waals surface area contributed by atoms with Crippen molar-refractivity contribution >= 4 is 11.9 Å². The molecule has 1 aromatic rings. The van der Waals surface area contributed by atoms with E-state index in [9.17, 15) is 19.1 Å². The van der Waals surface area contributed by atoms with Gasteiger partial charge in [0.2, 0.25) is 5.91 Å². The van der Waals surface area contributed by atoms with Crippen LogP contribution in [0.2, 0.25) is 0 Å². The number of amides is 1. The van der Waals surface area contributed by atoms with E-state index in [1.54, 1.807) is 0 Å². The Kier molecular flexibility index (Phi) is 5.92. The van der Waals surface area contributed by atoms with Gasteiger partial charge in [-0.25, -0.2) is 9.18 Å². The van der Waals surface area contributed by atoms with Gasteiger partial charge in [-0.1, -0.05) is 0 Å². The first-order chi connectivity index (χ1) is 11.0.